The van der Waals surface area contributed by atoms with Crippen molar-refractivity contribution in [2.45, 2.75) is 24.9 Å². The molecule has 0 heterocycles. The zero-order valence-corrected chi connectivity index (χ0v) is 14.4. The van der Waals surface area contributed by atoms with Gasteiger partial charge in [0, 0.05) is 6.08 Å². The molecule has 0 saturated heterocycles. The Morgan fingerprint density at radius 3 is 2.84 bits per heavy atom. The molecule has 0 aliphatic heterocycles. The summed E-state index contributed by atoms with van der Waals surface area (Å²) in [4.78, 5) is 12.1. The Balaban J connectivity index is 1.67. The van der Waals surface area contributed by atoms with E-state index in [1.165, 1.54) is 6.08 Å². The Morgan fingerprint density at radius 1 is 1.28 bits per heavy atom. The van der Waals surface area contributed by atoms with Gasteiger partial charge in [0.05, 0.1) is 13.7 Å². The summed E-state index contributed by atoms with van der Waals surface area (Å²) in [5.41, 5.74) is 1.90. The van der Waals surface area contributed by atoms with Crippen LogP contribution in [0.1, 0.15) is 29.5 Å². The lowest BCUT2D eigenvalue weighted by molar-refractivity contribution is -0.118. The van der Waals surface area contributed by atoms with Gasteiger partial charge in [-0.25, -0.2) is 0 Å². The molecule has 130 valence electrons. The monoisotopic (exact) mass is 337 g/mol. The molecule has 0 fully saturated rings. The number of methoxy groups -OCH3 is 1. The van der Waals surface area contributed by atoms with Crippen LogP contribution in [0.4, 0.5) is 0 Å². The predicted molar refractivity (Wildman–Crippen MR) is 98.3 cm³/mol. The second kappa shape index (κ2) is 7.53. The minimum absolute atomic E-state index is 0.199. The number of carbonyl (C=O) groups excluding carboxylic acids is 1. The number of amides is 1. The van der Waals surface area contributed by atoms with Crippen molar-refractivity contribution in [2.75, 3.05) is 13.7 Å². The highest BCUT2D eigenvalue weighted by atomic mass is 16.5. The van der Waals surface area contributed by atoms with Gasteiger partial charge in [-0.3, -0.25) is 4.79 Å². The lowest BCUT2D eigenvalue weighted by Gasteiger charge is -2.34. The van der Waals surface area contributed by atoms with Crippen LogP contribution in [0.5, 0.6) is 5.75 Å². The van der Waals surface area contributed by atoms with Crippen LogP contribution in [-0.2, 0) is 16.8 Å². The molecule has 3 rings (SSSR count). The fraction of sp³-hybridized carbons (Fsp3) is 0.286. The largest absolute Gasteiger partial charge is 0.497 e. The average molecular weight is 337 g/mol. The van der Waals surface area contributed by atoms with Crippen LogP contribution >= 0.6 is 0 Å². The van der Waals surface area contributed by atoms with Gasteiger partial charge >= 0.3 is 0 Å². The fourth-order valence-corrected chi connectivity index (χ4v) is 3.28. The number of nitrogens with one attached hydrogen (secondary N) is 1. The summed E-state index contributed by atoms with van der Waals surface area (Å²) in [6.07, 6.45) is 5.69. The topological polar surface area (TPSA) is 58.6 Å². The number of hydrogen-bond acceptors (Lipinski definition) is 3. The van der Waals surface area contributed by atoms with E-state index in [9.17, 15) is 9.90 Å². The van der Waals surface area contributed by atoms with Crippen molar-refractivity contribution in [3.8, 4) is 5.75 Å². The second-order valence-corrected chi connectivity index (χ2v) is 6.37. The van der Waals surface area contributed by atoms with E-state index in [0.29, 0.717) is 6.42 Å². The summed E-state index contributed by atoms with van der Waals surface area (Å²) in [5, 5.41) is 13.9. The van der Waals surface area contributed by atoms with E-state index in [4.69, 9.17) is 4.74 Å². The maximum Gasteiger partial charge on any atom is 0.244 e. The molecule has 2 N–H and O–H groups in total. The Bertz CT molecular complexity index is 770. The van der Waals surface area contributed by atoms with Crippen molar-refractivity contribution in [3.63, 3.8) is 0 Å². The first-order chi connectivity index (χ1) is 12.1. The molecule has 4 heteroatoms. The van der Waals surface area contributed by atoms with Gasteiger partial charge in [0.25, 0.3) is 0 Å². The summed E-state index contributed by atoms with van der Waals surface area (Å²) in [7, 11) is 1.63. The lowest BCUT2D eigenvalue weighted by Crippen LogP contribution is -2.42. The number of aliphatic hydroxyl groups is 1. The van der Waals surface area contributed by atoms with Crippen molar-refractivity contribution in [1.29, 1.82) is 0 Å². The number of hydrogen-bond donors (Lipinski definition) is 2. The first-order valence-corrected chi connectivity index (χ1v) is 8.51. The van der Waals surface area contributed by atoms with Crippen molar-refractivity contribution >= 4 is 12.0 Å². The quantitative estimate of drug-likeness (QED) is 0.825. The Hall–Kier alpha value is -2.59. The molecular formula is C21H23NO3. The molecule has 1 aliphatic rings. The Labute approximate surface area is 148 Å². The summed E-state index contributed by atoms with van der Waals surface area (Å²) >= 11 is 0. The van der Waals surface area contributed by atoms with Crippen LogP contribution < -0.4 is 10.1 Å². The van der Waals surface area contributed by atoms with Gasteiger partial charge in [0.15, 0.2) is 0 Å². The maximum absolute atomic E-state index is 12.1. The Morgan fingerprint density at radius 2 is 2.08 bits per heavy atom. The highest BCUT2D eigenvalue weighted by Gasteiger charge is 2.34. The van der Waals surface area contributed by atoms with E-state index in [-0.39, 0.29) is 12.5 Å². The first kappa shape index (κ1) is 17.2. The van der Waals surface area contributed by atoms with Crippen molar-refractivity contribution in [1.82, 2.24) is 5.32 Å². The Kier molecular flexibility index (Phi) is 5.19. The van der Waals surface area contributed by atoms with Crippen LogP contribution in [0.2, 0.25) is 0 Å². The summed E-state index contributed by atoms with van der Waals surface area (Å²) in [6, 6.07) is 15.4. The second-order valence-electron chi connectivity index (χ2n) is 6.37. The standard InChI is InChI=1S/C21H23NO3/c1-25-18-10-11-19-17(14-18)8-5-13-21(19,24)15-22-20(23)12-9-16-6-3-2-4-7-16/h2-4,6-7,9-12,14,24H,5,8,13,15H2,1H3,(H,22,23)/b12-9+. The van der Waals surface area contributed by atoms with Gasteiger partial charge in [-0.1, -0.05) is 36.4 Å². The number of fused-ring (bicyclic) bond motifs is 1. The number of aryl methyl sites for hydroxylation is 1. The van der Waals surface area contributed by atoms with Gasteiger partial charge in [-0.15, -0.1) is 0 Å². The number of carbonyl (C=O) groups is 1. The maximum atomic E-state index is 12.1. The van der Waals surface area contributed by atoms with Crippen LogP contribution in [0.25, 0.3) is 6.08 Å². The van der Waals surface area contributed by atoms with E-state index in [1.54, 1.807) is 13.2 Å². The third-order valence-corrected chi connectivity index (χ3v) is 4.63. The van der Waals surface area contributed by atoms with Crippen molar-refractivity contribution in [2.24, 2.45) is 0 Å². The van der Waals surface area contributed by atoms with Crippen LogP contribution in [-0.4, -0.2) is 24.7 Å². The molecule has 1 unspecified atom stereocenters. The molecule has 2 aromatic carbocycles. The molecule has 0 bridgehead atoms. The zero-order chi connectivity index (χ0) is 17.7. The molecule has 1 atom stereocenters. The molecule has 25 heavy (non-hydrogen) atoms. The minimum Gasteiger partial charge on any atom is -0.497 e. The lowest BCUT2D eigenvalue weighted by atomic mass is 9.79. The molecular weight excluding hydrogens is 314 g/mol. The fourth-order valence-electron chi connectivity index (χ4n) is 3.28. The smallest absolute Gasteiger partial charge is 0.244 e. The van der Waals surface area contributed by atoms with Gasteiger partial charge in [0.1, 0.15) is 11.4 Å². The number of rotatable bonds is 5. The normalized spacial score (nSPS) is 19.4. The van der Waals surface area contributed by atoms with Crippen LogP contribution in [0, 0.1) is 0 Å². The summed E-state index contributed by atoms with van der Waals surface area (Å²) in [5.74, 6) is 0.579. The van der Waals surface area contributed by atoms with E-state index < -0.39 is 5.60 Å². The molecule has 0 radical (unpaired) electrons. The van der Waals surface area contributed by atoms with E-state index in [2.05, 4.69) is 5.32 Å². The van der Waals surface area contributed by atoms with Gasteiger partial charge < -0.3 is 15.2 Å². The minimum atomic E-state index is -1.03. The predicted octanol–water partition coefficient (Wildman–Crippen LogP) is 3.05. The van der Waals surface area contributed by atoms with Gasteiger partial charge in [-0.05, 0) is 54.2 Å². The van der Waals surface area contributed by atoms with Gasteiger partial charge in [-0.2, -0.15) is 0 Å². The average Bonchev–Trinajstić information content (AvgIpc) is 2.65. The molecule has 2 aromatic rings. The van der Waals surface area contributed by atoms with E-state index in [1.807, 2.05) is 48.5 Å². The molecule has 4 nitrogen and oxygen atoms in total. The molecule has 0 spiro atoms. The highest BCUT2D eigenvalue weighted by Crippen LogP contribution is 2.36. The molecule has 0 saturated carbocycles. The molecule has 1 aliphatic carbocycles. The first-order valence-electron chi connectivity index (χ1n) is 8.51. The number of benzene rings is 2. The van der Waals surface area contributed by atoms with Gasteiger partial charge in [0.2, 0.25) is 5.91 Å². The van der Waals surface area contributed by atoms with Crippen LogP contribution in [0.15, 0.2) is 54.6 Å². The summed E-state index contributed by atoms with van der Waals surface area (Å²) in [6.45, 7) is 0.199. The van der Waals surface area contributed by atoms with Crippen molar-refractivity contribution < 1.29 is 14.6 Å². The van der Waals surface area contributed by atoms with E-state index >= 15 is 0 Å². The van der Waals surface area contributed by atoms with Crippen LogP contribution in [0.3, 0.4) is 0 Å². The summed E-state index contributed by atoms with van der Waals surface area (Å²) < 4.78 is 5.26. The zero-order valence-electron chi connectivity index (χ0n) is 14.4. The highest BCUT2D eigenvalue weighted by molar-refractivity contribution is 5.91. The molecule has 1 amide bonds. The van der Waals surface area contributed by atoms with E-state index in [0.717, 1.165) is 35.3 Å². The molecule has 0 aromatic heterocycles. The number of ether oxygens (including phenoxy) is 1. The third kappa shape index (κ3) is 4.09. The third-order valence-electron chi connectivity index (χ3n) is 4.63. The van der Waals surface area contributed by atoms with Crippen molar-refractivity contribution in [3.05, 3.63) is 71.3 Å². The SMILES string of the molecule is COc1ccc2c(c1)CCCC2(O)CNC(=O)/C=C/c1ccccc1.